The summed E-state index contributed by atoms with van der Waals surface area (Å²) in [7, 11) is 1.85. The Morgan fingerprint density at radius 3 is 2.60 bits per heavy atom. The lowest BCUT2D eigenvalue weighted by Crippen LogP contribution is -2.32. The number of hydrogen-bond donors (Lipinski definition) is 1. The predicted octanol–water partition coefficient (Wildman–Crippen LogP) is 2.04. The van der Waals surface area contributed by atoms with Gasteiger partial charge in [-0.15, -0.1) is 0 Å². The van der Waals surface area contributed by atoms with Crippen LogP contribution >= 0.6 is 0 Å². The van der Waals surface area contributed by atoms with Crippen molar-refractivity contribution in [1.29, 1.82) is 0 Å². The number of aromatic hydroxyl groups is 1. The van der Waals surface area contributed by atoms with E-state index in [0.717, 1.165) is 5.56 Å². The van der Waals surface area contributed by atoms with Crippen molar-refractivity contribution in [2.24, 2.45) is 0 Å². The number of carbonyl (C=O) groups excluding carboxylic acids is 1. The van der Waals surface area contributed by atoms with Crippen LogP contribution in [0.1, 0.15) is 42.1 Å². The molecule has 1 aliphatic rings. The van der Waals surface area contributed by atoms with Crippen molar-refractivity contribution in [3.05, 3.63) is 57.5 Å². The van der Waals surface area contributed by atoms with Crippen LogP contribution in [0.2, 0.25) is 0 Å². The lowest BCUT2D eigenvalue weighted by molar-refractivity contribution is 0.0973. The van der Waals surface area contributed by atoms with E-state index >= 15 is 0 Å². The van der Waals surface area contributed by atoms with Crippen molar-refractivity contribution in [1.82, 2.24) is 14.5 Å². The molecule has 0 saturated carbocycles. The molecule has 132 valence electrons. The summed E-state index contributed by atoms with van der Waals surface area (Å²) in [6.45, 7) is 4.12. The van der Waals surface area contributed by atoms with Crippen LogP contribution in [0.25, 0.3) is 0 Å². The Balaban J connectivity index is 1.89. The third kappa shape index (κ3) is 2.95. The van der Waals surface area contributed by atoms with Crippen molar-refractivity contribution in [2.45, 2.75) is 38.9 Å². The first-order chi connectivity index (χ1) is 11.7. The van der Waals surface area contributed by atoms with Gasteiger partial charge in [-0.2, -0.15) is 0 Å². The van der Waals surface area contributed by atoms with Crippen LogP contribution < -0.4 is 5.56 Å². The van der Waals surface area contributed by atoms with Crippen LogP contribution in [-0.2, 0) is 18.6 Å². The van der Waals surface area contributed by atoms with E-state index in [-0.39, 0.29) is 17.9 Å². The summed E-state index contributed by atoms with van der Waals surface area (Å²) in [6, 6.07) is 5.86. The van der Waals surface area contributed by atoms with Gasteiger partial charge >= 0.3 is 0 Å². The Hall–Kier alpha value is -2.54. The Kier molecular flexibility index (Phi) is 4.20. The number of halogens is 1. The van der Waals surface area contributed by atoms with Crippen molar-refractivity contribution >= 4 is 5.78 Å². The number of aromatic nitrogens is 2. The van der Waals surface area contributed by atoms with E-state index in [0.29, 0.717) is 18.9 Å². The summed E-state index contributed by atoms with van der Waals surface area (Å²) >= 11 is 0. The minimum Gasteiger partial charge on any atom is -0.501 e. The van der Waals surface area contributed by atoms with Gasteiger partial charge in [-0.05, 0) is 45.0 Å². The van der Waals surface area contributed by atoms with E-state index < -0.39 is 22.6 Å². The predicted molar refractivity (Wildman–Crippen MR) is 90.0 cm³/mol. The molecular weight excluding hydrogens is 325 g/mol. The van der Waals surface area contributed by atoms with Crippen molar-refractivity contribution in [3.8, 4) is 5.75 Å². The smallest absolute Gasteiger partial charge is 0.297 e. The SMILES string of the molecule is CN1Cn2c(nc(C(=O)CCc3ccc(F)cc3)c(O)c2=O)C1(C)C. The van der Waals surface area contributed by atoms with Crippen LogP contribution in [0, 0.1) is 5.82 Å². The first-order valence-electron chi connectivity index (χ1n) is 8.05. The van der Waals surface area contributed by atoms with Gasteiger partial charge in [0.2, 0.25) is 5.75 Å². The van der Waals surface area contributed by atoms with Gasteiger partial charge in [0.05, 0.1) is 12.2 Å². The maximum absolute atomic E-state index is 12.9. The normalized spacial score (nSPS) is 16.0. The maximum atomic E-state index is 12.9. The fourth-order valence-corrected chi connectivity index (χ4v) is 2.92. The highest BCUT2D eigenvalue weighted by Gasteiger charge is 2.39. The summed E-state index contributed by atoms with van der Waals surface area (Å²) in [5.41, 5.74) is -0.514. The van der Waals surface area contributed by atoms with Gasteiger partial charge in [-0.1, -0.05) is 12.1 Å². The minimum atomic E-state index is -0.612. The Morgan fingerprint density at radius 2 is 1.96 bits per heavy atom. The van der Waals surface area contributed by atoms with E-state index in [2.05, 4.69) is 4.98 Å². The Labute approximate surface area is 144 Å². The number of ketones is 1. The van der Waals surface area contributed by atoms with Crippen molar-refractivity contribution < 1.29 is 14.3 Å². The molecule has 0 aliphatic carbocycles. The molecule has 2 aromatic rings. The molecule has 0 atom stereocenters. The zero-order chi connectivity index (χ0) is 18.4. The Morgan fingerprint density at radius 1 is 1.32 bits per heavy atom. The van der Waals surface area contributed by atoms with E-state index in [1.165, 1.54) is 16.7 Å². The van der Waals surface area contributed by atoms with Gasteiger partial charge in [-0.3, -0.25) is 19.1 Å². The molecule has 0 fully saturated rings. The molecule has 0 bridgehead atoms. The first kappa shape index (κ1) is 17.3. The highest BCUT2D eigenvalue weighted by molar-refractivity contribution is 5.96. The van der Waals surface area contributed by atoms with E-state index in [4.69, 9.17) is 0 Å². The largest absolute Gasteiger partial charge is 0.501 e. The fraction of sp³-hybridized carbons (Fsp3) is 0.389. The quantitative estimate of drug-likeness (QED) is 0.859. The van der Waals surface area contributed by atoms with Gasteiger partial charge in [-0.25, -0.2) is 9.37 Å². The molecule has 3 rings (SSSR count). The summed E-state index contributed by atoms with van der Waals surface area (Å²) in [6.07, 6.45) is 0.452. The zero-order valence-electron chi connectivity index (χ0n) is 14.4. The number of fused-ring (bicyclic) bond motifs is 1. The molecule has 0 saturated heterocycles. The topological polar surface area (TPSA) is 75.4 Å². The molecule has 0 radical (unpaired) electrons. The molecule has 0 unspecified atom stereocenters. The molecule has 1 aliphatic heterocycles. The molecule has 1 N–H and O–H groups in total. The maximum Gasteiger partial charge on any atom is 0.297 e. The molecule has 25 heavy (non-hydrogen) atoms. The van der Waals surface area contributed by atoms with Gasteiger partial charge in [0.15, 0.2) is 11.5 Å². The second kappa shape index (κ2) is 6.07. The molecule has 2 heterocycles. The molecule has 1 aromatic carbocycles. The summed E-state index contributed by atoms with van der Waals surface area (Å²) in [4.78, 5) is 31.1. The first-order valence-corrected chi connectivity index (χ1v) is 8.05. The standard InChI is InChI=1S/C18H20FN3O3/c1-18(2)17-20-14(15(24)16(25)22(17)10-21(18)3)13(23)9-6-11-4-7-12(19)8-5-11/h4-5,7-8,24H,6,9-10H2,1-3H3. The van der Waals surface area contributed by atoms with Crippen molar-refractivity contribution in [3.63, 3.8) is 0 Å². The molecular formula is C18H20FN3O3. The molecule has 7 heteroatoms. The Bertz CT molecular complexity index is 888. The van der Waals surface area contributed by atoms with Gasteiger partial charge in [0, 0.05) is 6.42 Å². The average molecular weight is 345 g/mol. The van der Waals surface area contributed by atoms with E-state index in [1.807, 2.05) is 25.8 Å². The lowest BCUT2D eigenvalue weighted by atomic mass is 10.0. The van der Waals surface area contributed by atoms with Crippen LogP contribution in [0.3, 0.4) is 0 Å². The van der Waals surface area contributed by atoms with Gasteiger partial charge in [0.25, 0.3) is 5.56 Å². The summed E-state index contributed by atoms with van der Waals surface area (Å²) in [5.74, 6) is -0.901. The lowest BCUT2D eigenvalue weighted by Gasteiger charge is -2.25. The van der Waals surface area contributed by atoms with Gasteiger partial charge in [0.1, 0.15) is 11.6 Å². The molecule has 0 amide bonds. The molecule has 1 aromatic heterocycles. The van der Waals surface area contributed by atoms with E-state index in [9.17, 15) is 19.1 Å². The zero-order valence-corrected chi connectivity index (χ0v) is 14.4. The number of Topliss-reactive ketones (excluding diaryl/α,β-unsaturated/α-hetero) is 1. The van der Waals surface area contributed by atoms with Crippen LogP contribution in [0.5, 0.6) is 5.75 Å². The number of aryl methyl sites for hydroxylation is 1. The number of benzene rings is 1. The third-order valence-electron chi connectivity index (χ3n) is 4.82. The van der Waals surface area contributed by atoms with Crippen LogP contribution in [0.4, 0.5) is 4.39 Å². The number of rotatable bonds is 4. The fourth-order valence-electron chi connectivity index (χ4n) is 2.92. The minimum absolute atomic E-state index is 0.0748. The molecule has 6 nitrogen and oxygen atoms in total. The number of nitrogens with zero attached hydrogens (tertiary/aromatic N) is 3. The second-order valence-electron chi connectivity index (χ2n) is 6.81. The monoisotopic (exact) mass is 345 g/mol. The number of carbonyl (C=O) groups is 1. The van der Waals surface area contributed by atoms with Crippen LogP contribution in [-0.4, -0.2) is 32.4 Å². The van der Waals surface area contributed by atoms with E-state index in [1.54, 1.807) is 12.1 Å². The third-order valence-corrected chi connectivity index (χ3v) is 4.82. The molecule has 0 spiro atoms. The second-order valence-corrected chi connectivity index (χ2v) is 6.81. The average Bonchev–Trinajstić information content (AvgIpc) is 2.80. The van der Waals surface area contributed by atoms with Crippen molar-refractivity contribution in [2.75, 3.05) is 7.05 Å². The number of hydrogen-bond acceptors (Lipinski definition) is 5. The van der Waals surface area contributed by atoms with Crippen LogP contribution in [0.15, 0.2) is 29.1 Å². The highest BCUT2D eigenvalue weighted by atomic mass is 19.1. The summed E-state index contributed by atoms with van der Waals surface area (Å²) in [5, 5.41) is 10.1. The summed E-state index contributed by atoms with van der Waals surface area (Å²) < 4.78 is 14.3. The van der Waals surface area contributed by atoms with Gasteiger partial charge < -0.3 is 5.11 Å². The highest BCUT2D eigenvalue weighted by Crippen LogP contribution is 2.31.